The third-order valence-electron chi connectivity index (χ3n) is 0. The molecule has 0 aliphatic carbocycles. The van der Waals surface area contributed by atoms with Crippen molar-refractivity contribution in [1.29, 1.82) is 0 Å². The predicted molar refractivity (Wildman–Crippen MR) is 9.94 cm³/mol. The minimum Gasteiger partial charge on any atom is 0 e. The summed E-state index contributed by atoms with van der Waals surface area (Å²) in [6.45, 7) is 0. The zero-order chi connectivity index (χ0) is 0. The fourth-order valence-electron chi connectivity index (χ4n) is 0. The molecular formula is H3BCoFeNbNiZr. The van der Waals surface area contributed by atoms with Crippen molar-refractivity contribution in [3.63, 3.8) is 0 Å². The zero-order valence-electron chi connectivity index (χ0n) is 1.95. The summed E-state index contributed by atoms with van der Waals surface area (Å²) >= 11 is 0. The van der Waals surface area contributed by atoms with Gasteiger partial charge in [-0.15, -0.1) is 0 Å². The van der Waals surface area contributed by atoms with E-state index < -0.39 is 0 Å². The van der Waals surface area contributed by atoms with E-state index in [4.69, 9.17) is 0 Å². The van der Waals surface area contributed by atoms with Crippen LogP contribution in [0.5, 0.6) is 0 Å². The minimum absolute atomic E-state index is 0. The average molecular weight is 371 g/mol. The van der Waals surface area contributed by atoms with Gasteiger partial charge in [-0.2, -0.15) is 0 Å². The summed E-state index contributed by atoms with van der Waals surface area (Å²) in [7, 11) is 0. The average Bonchev–Trinajstić information content (AvgIpc) is 0. The van der Waals surface area contributed by atoms with E-state index in [1.165, 1.54) is 0 Å². The molecule has 0 atom stereocenters. The van der Waals surface area contributed by atoms with Crippen LogP contribution >= 0.6 is 0 Å². The molecule has 0 bridgehead atoms. The zero-order valence-corrected chi connectivity index (χ0v) is 9.74. The first kappa shape index (κ1) is 60.3. The fourth-order valence-corrected chi connectivity index (χ4v) is 0. The first-order valence-electron chi connectivity index (χ1n) is 0. The van der Waals surface area contributed by atoms with Crippen LogP contribution in [0.25, 0.3) is 0 Å². The quantitative estimate of drug-likeness (QED) is 0.470. The number of hydrogen-bond acceptors (Lipinski definition) is 0. The molecule has 0 aliphatic heterocycles. The van der Waals surface area contributed by atoms with Gasteiger partial charge in [0.15, 0.2) is 0 Å². The molecule has 0 aliphatic rings. The maximum atomic E-state index is 0. The van der Waals surface area contributed by atoms with Crippen LogP contribution < -0.4 is 0 Å². The van der Waals surface area contributed by atoms with Crippen molar-refractivity contribution < 1.29 is 98.9 Å². The Balaban J connectivity index is 0. The van der Waals surface area contributed by atoms with E-state index in [1.54, 1.807) is 0 Å². The first-order chi connectivity index (χ1) is 0. The second-order valence-electron chi connectivity index (χ2n) is 0. The van der Waals surface area contributed by atoms with Gasteiger partial charge in [0.25, 0.3) is 0 Å². The van der Waals surface area contributed by atoms with Crippen molar-refractivity contribution in [2.24, 2.45) is 0 Å². The van der Waals surface area contributed by atoms with Gasteiger partial charge < -0.3 is 0 Å². The van der Waals surface area contributed by atoms with Gasteiger partial charge in [0.2, 0.25) is 0 Å². The topological polar surface area (TPSA) is 0 Å². The van der Waals surface area contributed by atoms with Gasteiger partial charge in [-0.25, -0.2) is 0 Å². The van der Waals surface area contributed by atoms with Crippen molar-refractivity contribution in [1.82, 2.24) is 0 Å². The molecular weight excluding hydrogens is 368 g/mol. The summed E-state index contributed by atoms with van der Waals surface area (Å²) in [6, 6.07) is 0. The molecule has 0 rings (SSSR count). The van der Waals surface area contributed by atoms with E-state index in [2.05, 4.69) is 0 Å². The summed E-state index contributed by atoms with van der Waals surface area (Å²) < 4.78 is 0. The van der Waals surface area contributed by atoms with Crippen LogP contribution in [0.3, 0.4) is 0 Å². The van der Waals surface area contributed by atoms with Gasteiger partial charge in [-0.3, -0.25) is 0 Å². The maximum absolute atomic E-state index is 0. The van der Waals surface area contributed by atoms with E-state index >= 15 is 0 Å². The molecule has 6 heteroatoms. The van der Waals surface area contributed by atoms with E-state index in [0.29, 0.717) is 0 Å². The third-order valence-corrected chi connectivity index (χ3v) is 0. The minimum atomic E-state index is 0. The molecule has 0 aromatic rings. The maximum Gasteiger partial charge on any atom is 0.0814 e. The Kier molecular flexibility index (Phi) is 416. The number of hydrogen-bond donors (Lipinski definition) is 0. The molecule has 0 spiro atoms. The van der Waals surface area contributed by atoms with Crippen LogP contribution in [-0.2, 0) is 98.9 Å². The molecule has 0 unspecified atom stereocenters. The molecule has 0 amide bonds. The normalized spacial score (nSPS) is 0. The second kappa shape index (κ2) is 41.4. The van der Waals surface area contributed by atoms with Gasteiger partial charge in [-0.1, -0.05) is 0 Å². The summed E-state index contributed by atoms with van der Waals surface area (Å²) in [5.41, 5.74) is 0. The van der Waals surface area contributed by atoms with E-state index in [0.717, 1.165) is 0 Å². The largest absolute Gasteiger partial charge is 0.0814 e. The van der Waals surface area contributed by atoms with Crippen LogP contribution in [0.2, 0.25) is 0 Å². The van der Waals surface area contributed by atoms with Crippen LogP contribution in [0.15, 0.2) is 0 Å². The Morgan fingerprint density at radius 2 is 1.00 bits per heavy atom. The Labute approximate surface area is 106 Å². The molecule has 0 aromatic carbocycles. The Morgan fingerprint density at radius 3 is 1.00 bits per heavy atom. The molecule has 2 radical (unpaired) electrons. The standard InChI is InChI=1S/BH3.Co.Fe.Nb.Ni.Zr/h1H3;;;;;. The summed E-state index contributed by atoms with van der Waals surface area (Å²) in [6.07, 6.45) is 0. The molecule has 0 aromatic heterocycles. The molecule has 0 heterocycles. The van der Waals surface area contributed by atoms with Crippen molar-refractivity contribution in [2.45, 2.75) is 0 Å². The fraction of sp³-hybridized carbons (Fsp3) is 0. The summed E-state index contributed by atoms with van der Waals surface area (Å²) in [5, 5.41) is 0. The summed E-state index contributed by atoms with van der Waals surface area (Å²) in [4.78, 5) is 0. The second-order valence-corrected chi connectivity index (χ2v) is 0. The molecule has 42 valence electrons. The molecule has 0 saturated carbocycles. The van der Waals surface area contributed by atoms with Gasteiger partial charge in [-0.05, 0) is 0 Å². The van der Waals surface area contributed by atoms with Crippen LogP contribution in [0, 0.1) is 0 Å². The molecule has 0 saturated heterocycles. The Bertz CT molecular complexity index is 15.5. The Hall–Kier alpha value is 3.21. The van der Waals surface area contributed by atoms with Crippen LogP contribution in [-0.4, -0.2) is 8.41 Å². The van der Waals surface area contributed by atoms with Gasteiger partial charge in [0, 0.05) is 98.9 Å². The smallest absolute Gasteiger partial charge is 0 e. The summed E-state index contributed by atoms with van der Waals surface area (Å²) in [5.74, 6) is 0. The predicted octanol–water partition coefficient (Wildman–Crippen LogP) is -1.20. The van der Waals surface area contributed by atoms with Crippen molar-refractivity contribution in [2.75, 3.05) is 0 Å². The Morgan fingerprint density at radius 1 is 1.00 bits per heavy atom. The van der Waals surface area contributed by atoms with Gasteiger partial charge >= 0.3 is 0 Å². The van der Waals surface area contributed by atoms with E-state index in [9.17, 15) is 0 Å². The monoisotopic (exact) mass is 370 g/mol. The third kappa shape index (κ3) is 27.0. The molecule has 0 fully saturated rings. The van der Waals surface area contributed by atoms with E-state index in [1.807, 2.05) is 0 Å². The van der Waals surface area contributed by atoms with Crippen molar-refractivity contribution in [3.8, 4) is 0 Å². The molecule has 0 N–H and O–H groups in total. The van der Waals surface area contributed by atoms with Gasteiger partial charge in [0.1, 0.15) is 0 Å². The van der Waals surface area contributed by atoms with Gasteiger partial charge in [0.05, 0.1) is 8.41 Å². The number of rotatable bonds is 0. The molecule has 0 nitrogen and oxygen atoms in total. The van der Waals surface area contributed by atoms with Crippen molar-refractivity contribution >= 4 is 8.41 Å². The van der Waals surface area contributed by atoms with Crippen molar-refractivity contribution in [3.05, 3.63) is 0 Å². The molecule has 6 heavy (non-hydrogen) atoms. The van der Waals surface area contributed by atoms with Crippen LogP contribution in [0.1, 0.15) is 0 Å². The SMILES string of the molecule is B.[Co].[Fe].[Nb].[Ni].[Zr]. The van der Waals surface area contributed by atoms with E-state index in [-0.39, 0.29) is 107 Å². The van der Waals surface area contributed by atoms with Crippen LogP contribution in [0.4, 0.5) is 0 Å². The first-order valence-corrected chi connectivity index (χ1v) is 0.